The summed E-state index contributed by atoms with van der Waals surface area (Å²) in [5.41, 5.74) is -1.53. The smallest absolute Gasteiger partial charge is 0.416 e. The number of carbonyl (C=O) groups excluding carboxylic acids is 2. The fourth-order valence-corrected chi connectivity index (χ4v) is 3.75. The van der Waals surface area contributed by atoms with Gasteiger partial charge in [-0.05, 0) is 44.0 Å². The van der Waals surface area contributed by atoms with Gasteiger partial charge in [-0.1, -0.05) is 11.6 Å². The lowest BCUT2D eigenvalue weighted by molar-refractivity contribution is -0.386. The lowest BCUT2D eigenvalue weighted by Crippen LogP contribution is -2.41. The average Bonchev–Trinajstić information content (AvgIpc) is 3.35. The van der Waals surface area contributed by atoms with E-state index < -0.39 is 51.8 Å². The maximum absolute atomic E-state index is 12.9. The number of ether oxygens (including phenoxy) is 2. The van der Waals surface area contributed by atoms with Gasteiger partial charge in [-0.3, -0.25) is 19.7 Å². The van der Waals surface area contributed by atoms with Gasteiger partial charge in [0.25, 0.3) is 0 Å². The molecule has 1 fully saturated rings. The fourth-order valence-electron chi connectivity index (χ4n) is 3.53. The summed E-state index contributed by atoms with van der Waals surface area (Å²) in [6.07, 6.45) is -4.51. The Labute approximate surface area is 208 Å². The summed E-state index contributed by atoms with van der Waals surface area (Å²) < 4.78 is 49.5. The summed E-state index contributed by atoms with van der Waals surface area (Å²) in [5.74, 6) is -3.81. The van der Waals surface area contributed by atoms with Crippen molar-refractivity contribution in [1.29, 1.82) is 5.26 Å². The number of amides is 1. The highest BCUT2D eigenvalue weighted by Crippen LogP contribution is 2.39. The topological polar surface area (TPSA) is 123 Å². The van der Waals surface area contributed by atoms with E-state index in [9.17, 15) is 38.1 Å². The van der Waals surface area contributed by atoms with E-state index in [0.29, 0.717) is 19.2 Å². The van der Waals surface area contributed by atoms with Crippen molar-refractivity contribution in [3.8, 4) is 23.3 Å². The van der Waals surface area contributed by atoms with Gasteiger partial charge in [-0.15, -0.1) is 0 Å². The molecule has 0 bridgehead atoms. The van der Waals surface area contributed by atoms with Crippen LogP contribution in [0.25, 0.3) is 0 Å². The molecule has 1 aliphatic rings. The highest BCUT2D eigenvalue weighted by molar-refractivity contribution is 6.32. The predicted molar refractivity (Wildman–Crippen MR) is 120 cm³/mol. The Bertz CT molecular complexity index is 1220. The Kier molecular flexibility index (Phi) is 8.04. The van der Waals surface area contributed by atoms with E-state index in [1.54, 1.807) is 6.07 Å². The van der Waals surface area contributed by atoms with Crippen LogP contribution >= 0.6 is 11.6 Å². The number of alkyl halides is 3. The van der Waals surface area contributed by atoms with Crippen molar-refractivity contribution in [2.24, 2.45) is 5.92 Å². The first-order valence-corrected chi connectivity index (χ1v) is 11.0. The first-order chi connectivity index (χ1) is 16.9. The second kappa shape index (κ2) is 10.8. The molecular weight excluding hydrogens is 507 g/mol. The van der Waals surface area contributed by atoms with Crippen LogP contribution in [-0.2, 0) is 15.8 Å². The maximum Gasteiger partial charge on any atom is 0.416 e. The number of hydrogen-bond acceptors (Lipinski definition) is 7. The number of hydrogen-bond donors (Lipinski definition) is 0. The number of ketones is 1. The molecule has 2 aromatic rings. The predicted octanol–water partition coefficient (Wildman–Crippen LogP) is 5.16. The van der Waals surface area contributed by atoms with Crippen molar-refractivity contribution in [1.82, 2.24) is 4.90 Å². The van der Waals surface area contributed by atoms with Gasteiger partial charge in [0, 0.05) is 25.2 Å². The maximum atomic E-state index is 12.9. The van der Waals surface area contributed by atoms with E-state index in [0.717, 1.165) is 37.1 Å². The summed E-state index contributed by atoms with van der Waals surface area (Å²) in [7, 11) is 0. The number of Topliss-reactive ketones (excluding diaryl/α,β-unsaturated/α-hetero) is 1. The zero-order chi connectivity index (χ0) is 26.6. The van der Waals surface area contributed by atoms with Crippen molar-refractivity contribution < 1.29 is 37.2 Å². The van der Waals surface area contributed by atoms with Crippen molar-refractivity contribution in [2.75, 3.05) is 13.1 Å². The first-order valence-electron chi connectivity index (χ1n) is 10.6. The Morgan fingerprint density at radius 1 is 1.17 bits per heavy atom. The number of benzene rings is 2. The molecule has 2 atom stereocenters. The summed E-state index contributed by atoms with van der Waals surface area (Å²) in [6.45, 7) is 2.10. The van der Waals surface area contributed by atoms with Crippen LogP contribution < -0.4 is 9.47 Å². The minimum Gasteiger partial charge on any atom is -0.476 e. The fraction of sp³-hybridized carbons (Fsp3) is 0.348. The van der Waals surface area contributed by atoms with Crippen LogP contribution in [0.1, 0.15) is 25.3 Å². The Morgan fingerprint density at radius 3 is 2.39 bits per heavy atom. The van der Waals surface area contributed by atoms with E-state index in [-0.39, 0.29) is 16.5 Å². The summed E-state index contributed by atoms with van der Waals surface area (Å²) >= 11 is 5.89. The summed E-state index contributed by atoms with van der Waals surface area (Å²) in [4.78, 5) is 37.4. The van der Waals surface area contributed by atoms with Gasteiger partial charge in [0.15, 0.2) is 17.8 Å². The zero-order valence-electron chi connectivity index (χ0n) is 18.8. The molecule has 1 heterocycles. The minimum atomic E-state index is -4.61. The monoisotopic (exact) mass is 525 g/mol. The van der Waals surface area contributed by atoms with Gasteiger partial charge in [0.05, 0.1) is 21.6 Å². The molecule has 0 saturated carbocycles. The second-order valence-corrected chi connectivity index (χ2v) is 8.30. The molecule has 9 nitrogen and oxygen atoms in total. The van der Waals surface area contributed by atoms with Crippen molar-refractivity contribution >= 4 is 29.0 Å². The number of nitrogens with zero attached hydrogens (tertiary/aromatic N) is 3. The third-order valence-corrected chi connectivity index (χ3v) is 5.69. The van der Waals surface area contributed by atoms with Crippen LogP contribution in [0.4, 0.5) is 18.9 Å². The minimum absolute atomic E-state index is 0.0816. The van der Waals surface area contributed by atoms with Gasteiger partial charge in [-0.25, -0.2) is 0 Å². The first kappa shape index (κ1) is 26.7. The van der Waals surface area contributed by atoms with E-state index in [1.807, 2.05) is 0 Å². The number of likely N-dealkylation sites (tertiary alicyclic amines) is 1. The Balaban J connectivity index is 1.82. The third kappa shape index (κ3) is 6.04. The molecule has 1 saturated heterocycles. The number of nitriles is 1. The molecule has 13 heteroatoms. The van der Waals surface area contributed by atoms with Crippen molar-refractivity contribution in [2.45, 2.75) is 32.0 Å². The van der Waals surface area contributed by atoms with Gasteiger partial charge in [0.1, 0.15) is 11.5 Å². The number of halogens is 4. The quantitative estimate of drug-likeness (QED) is 0.265. The van der Waals surface area contributed by atoms with Crippen LogP contribution in [0.3, 0.4) is 0 Å². The molecule has 3 rings (SSSR count). The van der Waals surface area contributed by atoms with Gasteiger partial charge in [0.2, 0.25) is 11.7 Å². The van der Waals surface area contributed by atoms with Gasteiger partial charge >= 0.3 is 11.9 Å². The molecule has 36 heavy (non-hydrogen) atoms. The van der Waals surface area contributed by atoms with Crippen LogP contribution in [0.2, 0.25) is 5.02 Å². The van der Waals surface area contributed by atoms with E-state index in [1.165, 1.54) is 17.9 Å². The van der Waals surface area contributed by atoms with Gasteiger partial charge < -0.3 is 14.4 Å². The highest BCUT2D eigenvalue weighted by atomic mass is 35.5. The molecule has 0 aliphatic carbocycles. The largest absolute Gasteiger partial charge is 0.476 e. The molecule has 0 spiro atoms. The number of nitro benzene ring substituents is 1. The lowest BCUT2D eigenvalue weighted by atomic mass is 10.0. The SMILES string of the molecule is CC(Oc1cc(Oc2ccc(C(F)(F)F)cc2Cl)ccc1[N+](=O)[O-])C(=O)C(C#N)C(=O)N1CCCC1. The molecule has 2 unspecified atom stereocenters. The molecule has 0 radical (unpaired) electrons. The standard InChI is InChI=1S/C23H19ClF3N3O6/c1-13(21(31)16(12-28)22(32)29-8-2-3-9-29)35-20-11-15(5-6-18(20)30(33)34)36-19-7-4-14(10-17(19)24)23(25,26)27/h4-7,10-11,13,16H,2-3,8-9H2,1H3. The Morgan fingerprint density at radius 2 is 1.83 bits per heavy atom. The van der Waals surface area contributed by atoms with Crippen molar-refractivity contribution in [3.05, 3.63) is 57.1 Å². The van der Waals surface area contributed by atoms with Crippen LogP contribution in [0.5, 0.6) is 17.2 Å². The lowest BCUT2D eigenvalue weighted by Gasteiger charge is -2.21. The number of carbonyl (C=O) groups is 2. The summed E-state index contributed by atoms with van der Waals surface area (Å²) in [5, 5.41) is 20.5. The Hall–Kier alpha value is -3.85. The highest BCUT2D eigenvalue weighted by Gasteiger charge is 2.36. The summed E-state index contributed by atoms with van der Waals surface area (Å²) in [6, 6.07) is 7.31. The second-order valence-electron chi connectivity index (χ2n) is 7.89. The molecule has 0 aromatic heterocycles. The van der Waals surface area contributed by atoms with Gasteiger partial charge in [-0.2, -0.15) is 18.4 Å². The average molecular weight is 526 g/mol. The molecular formula is C23H19ClF3N3O6. The van der Waals surface area contributed by atoms with Crippen LogP contribution in [-0.4, -0.2) is 40.7 Å². The molecule has 1 amide bonds. The normalized spacial score (nSPS) is 15.1. The van der Waals surface area contributed by atoms with E-state index >= 15 is 0 Å². The third-order valence-electron chi connectivity index (χ3n) is 5.40. The molecule has 1 aliphatic heterocycles. The molecule has 190 valence electrons. The molecule has 0 N–H and O–H groups in total. The molecule has 2 aromatic carbocycles. The number of rotatable bonds is 8. The number of nitro groups is 1. The van der Waals surface area contributed by atoms with E-state index in [2.05, 4.69) is 0 Å². The van der Waals surface area contributed by atoms with Crippen molar-refractivity contribution in [3.63, 3.8) is 0 Å². The zero-order valence-corrected chi connectivity index (χ0v) is 19.5. The van der Waals surface area contributed by atoms with E-state index in [4.69, 9.17) is 21.1 Å². The van der Waals surface area contributed by atoms with Crippen LogP contribution in [0.15, 0.2) is 36.4 Å². The van der Waals surface area contributed by atoms with Crippen LogP contribution in [0, 0.1) is 27.4 Å².